The quantitative estimate of drug-likeness (QED) is 0.726. The third-order valence-corrected chi connectivity index (χ3v) is 1.62. The molecule has 0 fully saturated rings. The molecular weight excluding hydrogens is 180 g/mol. The van der Waals surface area contributed by atoms with E-state index < -0.39 is 0 Å². The van der Waals surface area contributed by atoms with Gasteiger partial charge >= 0.3 is 6.03 Å². The predicted octanol–water partition coefficient (Wildman–Crippen LogP) is 1.51. The predicted molar refractivity (Wildman–Crippen MR) is 57.4 cm³/mol. The van der Waals surface area contributed by atoms with E-state index in [9.17, 15) is 4.79 Å². The van der Waals surface area contributed by atoms with Gasteiger partial charge in [0.15, 0.2) is 0 Å². The average Bonchev–Trinajstić information content (AvgIpc) is 1.96. The fraction of sp³-hybridized carbons (Fsp3) is 0.900. The molecule has 0 aliphatic heterocycles. The third-order valence-electron chi connectivity index (χ3n) is 1.62. The van der Waals surface area contributed by atoms with Crippen LogP contribution in [0.1, 0.15) is 34.1 Å². The minimum Gasteiger partial charge on any atom is -0.385 e. The first kappa shape index (κ1) is 13.2. The fourth-order valence-electron chi connectivity index (χ4n) is 0.967. The molecule has 1 unspecified atom stereocenters. The first-order valence-corrected chi connectivity index (χ1v) is 4.93. The second-order valence-corrected chi connectivity index (χ2v) is 4.53. The standard InChI is InChI=1S/C10H22N2O2/c1-8(6-7-14-5)11-9(13)12-10(2,3)4/h8H,6-7H2,1-5H3,(H2,11,12,13). The minimum absolute atomic E-state index is 0.124. The van der Waals surface area contributed by atoms with Gasteiger partial charge in [-0.1, -0.05) is 0 Å². The molecule has 0 saturated carbocycles. The van der Waals surface area contributed by atoms with Crippen molar-refractivity contribution in [1.29, 1.82) is 0 Å². The van der Waals surface area contributed by atoms with Crippen LogP contribution in [0.4, 0.5) is 4.79 Å². The van der Waals surface area contributed by atoms with Gasteiger partial charge in [-0.15, -0.1) is 0 Å². The molecule has 0 aromatic carbocycles. The minimum atomic E-state index is -0.189. The molecule has 0 bridgehead atoms. The lowest BCUT2D eigenvalue weighted by molar-refractivity contribution is 0.183. The molecule has 1 atom stereocenters. The molecule has 0 heterocycles. The lowest BCUT2D eigenvalue weighted by Crippen LogP contribution is -2.49. The van der Waals surface area contributed by atoms with Gasteiger partial charge in [0, 0.05) is 25.3 Å². The van der Waals surface area contributed by atoms with Gasteiger partial charge in [-0.2, -0.15) is 0 Å². The Labute approximate surface area is 86.4 Å². The lowest BCUT2D eigenvalue weighted by Gasteiger charge is -2.22. The molecule has 0 aromatic heterocycles. The number of methoxy groups -OCH3 is 1. The number of amides is 2. The lowest BCUT2D eigenvalue weighted by atomic mass is 10.1. The molecule has 0 rings (SSSR count). The Morgan fingerprint density at radius 2 is 2.00 bits per heavy atom. The SMILES string of the molecule is COCCC(C)NC(=O)NC(C)(C)C. The van der Waals surface area contributed by atoms with E-state index in [0.29, 0.717) is 6.61 Å². The summed E-state index contributed by atoms with van der Waals surface area (Å²) < 4.78 is 4.92. The van der Waals surface area contributed by atoms with E-state index >= 15 is 0 Å². The monoisotopic (exact) mass is 202 g/mol. The van der Waals surface area contributed by atoms with E-state index in [1.807, 2.05) is 27.7 Å². The van der Waals surface area contributed by atoms with Crippen LogP contribution in [0, 0.1) is 0 Å². The molecule has 84 valence electrons. The number of rotatable bonds is 4. The van der Waals surface area contributed by atoms with Gasteiger partial charge < -0.3 is 15.4 Å². The van der Waals surface area contributed by atoms with E-state index in [2.05, 4.69) is 10.6 Å². The van der Waals surface area contributed by atoms with Crippen LogP contribution < -0.4 is 10.6 Å². The highest BCUT2D eigenvalue weighted by Gasteiger charge is 2.14. The molecule has 4 nitrogen and oxygen atoms in total. The number of nitrogens with one attached hydrogen (secondary N) is 2. The Morgan fingerprint density at radius 3 is 2.43 bits per heavy atom. The van der Waals surface area contributed by atoms with E-state index in [4.69, 9.17) is 4.74 Å². The van der Waals surface area contributed by atoms with Gasteiger partial charge in [-0.3, -0.25) is 0 Å². The molecule has 0 aromatic rings. The summed E-state index contributed by atoms with van der Waals surface area (Å²) in [5.74, 6) is 0. The first-order chi connectivity index (χ1) is 6.35. The summed E-state index contributed by atoms with van der Waals surface area (Å²) in [7, 11) is 1.65. The number of hydrogen-bond acceptors (Lipinski definition) is 2. The van der Waals surface area contributed by atoms with Gasteiger partial charge in [0.05, 0.1) is 0 Å². The van der Waals surface area contributed by atoms with Gasteiger partial charge in [-0.25, -0.2) is 4.79 Å². The average molecular weight is 202 g/mol. The van der Waals surface area contributed by atoms with Crippen molar-refractivity contribution in [3.05, 3.63) is 0 Å². The van der Waals surface area contributed by atoms with E-state index in [0.717, 1.165) is 6.42 Å². The van der Waals surface area contributed by atoms with E-state index in [1.54, 1.807) is 7.11 Å². The van der Waals surface area contributed by atoms with Crippen LogP contribution in [-0.2, 0) is 4.74 Å². The van der Waals surface area contributed by atoms with Crippen LogP contribution in [0.15, 0.2) is 0 Å². The van der Waals surface area contributed by atoms with Crippen LogP contribution in [0.2, 0.25) is 0 Å². The third kappa shape index (κ3) is 7.86. The smallest absolute Gasteiger partial charge is 0.315 e. The van der Waals surface area contributed by atoms with Crippen LogP contribution in [0.25, 0.3) is 0 Å². The topological polar surface area (TPSA) is 50.4 Å². The van der Waals surface area contributed by atoms with Gasteiger partial charge in [0.2, 0.25) is 0 Å². The van der Waals surface area contributed by atoms with Crippen LogP contribution in [-0.4, -0.2) is 31.3 Å². The zero-order valence-corrected chi connectivity index (χ0v) is 9.81. The van der Waals surface area contributed by atoms with Crippen molar-refractivity contribution in [2.24, 2.45) is 0 Å². The Balaban J connectivity index is 3.71. The van der Waals surface area contributed by atoms with Crippen molar-refractivity contribution >= 4 is 6.03 Å². The molecule has 14 heavy (non-hydrogen) atoms. The zero-order chi connectivity index (χ0) is 11.2. The Hall–Kier alpha value is -0.770. The van der Waals surface area contributed by atoms with Gasteiger partial charge in [0.1, 0.15) is 0 Å². The van der Waals surface area contributed by atoms with Crippen LogP contribution in [0.3, 0.4) is 0 Å². The molecule has 0 saturated heterocycles. The summed E-state index contributed by atoms with van der Waals surface area (Å²) in [5.41, 5.74) is -0.189. The Bertz CT molecular complexity index is 175. The normalized spacial score (nSPS) is 13.5. The molecule has 2 N–H and O–H groups in total. The Kier molecular flexibility index (Phi) is 5.53. The summed E-state index contributed by atoms with van der Waals surface area (Å²) >= 11 is 0. The number of hydrogen-bond donors (Lipinski definition) is 2. The van der Waals surface area contributed by atoms with E-state index in [-0.39, 0.29) is 17.6 Å². The molecule has 4 heteroatoms. The summed E-state index contributed by atoms with van der Waals surface area (Å²) in [4.78, 5) is 11.4. The summed E-state index contributed by atoms with van der Waals surface area (Å²) in [6.07, 6.45) is 0.827. The highest BCUT2D eigenvalue weighted by Crippen LogP contribution is 1.98. The van der Waals surface area contributed by atoms with Crippen molar-refractivity contribution in [1.82, 2.24) is 10.6 Å². The zero-order valence-electron chi connectivity index (χ0n) is 9.81. The second-order valence-electron chi connectivity index (χ2n) is 4.53. The van der Waals surface area contributed by atoms with Gasteiger partial charge in [-0.05, 0) is 34.1 Å². The molecule has 0 spiro atoms. The highest BCUT2D eigenvalue weighted by molar-refractivity contribution is 5.74. The summed E-state index contributed by atoms with van der Waals surface area (Å²) in [6, 6.07) is 0.0124. The Morgan fingerprint density at radius 1 is 1.43 bits per heavy atom. The number of ether oxygens (including phenoxy) is 1. The first-order valence-electron chi connectivity index (χ1n) is 4.93. The summed E-state index contributed by atoms with van der Waals surface area (Å²) in [6.45, 7) is 8.48. The second kappa shape index (κ2) is 5.86. The fourth-order valence-corrected chi connectivity index (χ4v) is 0.967. The van der Waals surface area contributed by atoms with Crippen molar-refractivity contribution < 1.29 is 9.53 Å². The van der Waals surface area contributed by atoms with Crippen LogP contribution >= 0.6 is 0 Å². The maximum atomic E-state index is 11.4. The molecule has 0 aliphatic rings. The maximum absolute atomic E-state index is 11.4. The molecule has 0 radical (unpaired) electrons. The maximum Gasteiger partial charge on any atom is 0.315 e. The number of carbonyl (C=O) groups excluding carboxylic acids is 1. The van der Waals surface area contributed by atoms with Crippen molar-refractivity contribution in [3.63, 3.8) is 0 Å². The molecular formula is C10H22N2O2. The largest absolute Gasteiger partial charge is 0.385 e. The van der Waals surface area contributed by atoms with Crippen molar-refractivity contribution in [2.75, 3.05) is 13.7 Å². The molecule has 0 aliphatic carbocycles. The van der Waals surface area contributed by atoms with Crippen LogP contribution in [0.5, 0.6) is 0 Å². The van der Waals surface area contributed by atoms with Crippen molar-refractivity contribution in [3.8, 4) is 0 Å². The highest BCUT2D eigenvalue weighted by atomic mass is 16.5. The molecule has 2 amide bonds. The number of carbonyl (C=O) groups is 1. The summed E-state index contributed by atoms with van der Waals surface area (Å²) in [5, 5.41) is 5.68. The van der Waals surface area contributed by atoms with Crippen molar-refractivity contribution in [2.45, 2.75) is 45.7 Å². The van der Waals surface area contributed by atoms with Gasteiger partial charge in [0.25, 0.3) is 0 Å². The van der Waals surface area contributed by atoms with E-state index in [1.165, 1.54) is 0 Å². The number of urea groups is 1.